The molecular formula is C59H49N. The van der Waals surface area contributed by atoms with Crippen LogP contribution >= 0.6 is 0 Å². The Bertz CT molecular complexity index is 2970. The second-order valence-corrected chi connectivity index (χ2v) is 16.4. The molecule has 2 aliphatic carbocycles. The second-order valence-electron chi connectivity index (χ2n) is 16.4. The van der Waals surface area contributed by atoms with Crippen LogP contribution in [0.25, 0.3) is 44.5 Å². The van der Waals surface area contributed by atoms with Crippen LogP contribution in [0.4, 0.5) is 17.1 Å². The van der Waals surface area contributed by atoms with E-state index in [4.69, 9.17) is 0 Å². The molecule has 0 saturated heterocycles. The molecule has 0 radical (unpaired) electrons. The molecule has 11 rings (SSSR count). The maximum atomic E-state index is 2.50. The van der Waals surface area contributed by atoms with Crippen molar-refractivity contribution in [2.24, 2.45) is 0 Å². The number of anilines is 3. The first-order valence-corrected chi connectivity index (χ1v) is 20.7. The van der Waals surface area contributed by atoms with Gasteiger partial charge in [0.1, 0.15) is 0 Å². The van der Waals surface area contributed by atoms with Crippen LogP contribution in [-0.2, 0) is 10.8 Å². The van der Waals surface area contributed by atoms with Crippen LogP contribution in [-0.4, -0.2) is 0 Å². The molecule has 0 saturated carbocycles. The van der Waals surface area contributed by atoms with Gasteiger partial charge in [0.2, 0.25) is 0 Å². The minimum absolute atomic E-state index is 0. The van der Waals surface area contributed by atoms with Gasteiger partial charge in [-0.1, -0.05) is 215 Å². The summed E-state index contributed by atoms with van der Waals surface area (Å²) in [6, 6.07) is 83.1. The number of nitrogens with zero attached hydrogens (tertiary/aromatic N) is 1. The number of hydrogen-bond donors (Lipinski definition) is 0. The Balaban J connectivity index is 0.00000238. The van der Waals surface area contributed by atoms with E-state index in [1.165, 1.54) is 77.9 Å². The number of hydrogen-bond acceptors (Lipinski definition) is 1. The van der Waals surface area contributed by atoms with Gasteiger partial charge in [-0.25, -0.2) is 0 Å². The highest BCUT2D eigenvalue weighted by molar-refractivity contribution is 5.98. The fourth-order valence-corrected chi connectivity index (χ4v) is 10.3. The van der Waals surface area contributed by atoms with Crippen molar-refractivity contribution in [1.82, 2.24) is 0 Å². The van der Waals surface area contributed by atoms with Crippen LogP contribution < -0.4 is 4.90 Å². The lowest BCUT2D eigenvalue weighted by atomic mass is 9.67. The van der Waals surface area contributed by atoms with E-state index in [0.717, 1.165) is 17.1 Å². The minimum Gasteiger partial charge on any atom is -0.310 e. The molecule has 0 spiro atoms. The van der Waals surface area contributed by atoms with Crippen molar-refractivity contribution in [3.63, 3.8) is 0 Å². The molecule has 0 N–H and O–H groups in total. The first-order valence-electron chi connectivity index (χ1n) is 20.7. The van der Waals surface area contributed by atoms with Crippen molar-refractivity contribution < 1.29 is 1.43 Å². The Kier molecular flexibility index (Phi) is 8.99. The summed E-state index contributed by atoms with van der Waals surface area (Å²) in [6.07, 6.45) is 0. The lowest BCUT2D eigenvalue weighted by Gasteiger charge is -2.35. The summed E-state index contributed by atoms with van der Waals surface area (Å²) in [5.74, 6) is 0. The molecular weight excluding hydrogens is 723 g/mol. The van der Waals surface area contributed by atoms with Crippen LogP contribution in [0.5, 0.6) is 0 Å². The van der Waals surface area contributed by atoms with E-state index in [2.05, 4.69) is 243 Å². The Hall–Kier alpha value is -7.22. The van der Waals surface area contributed by atoms with Gasteiger partial charge < -0.3 is 4.90 Å². The van der Waals surface area contributed by atoms with Crippen LogP contribution in [0.1, 0.15) is 56.1 Å². The third-order valence-corrected chi connectivity index (χ3v) is 13.0. The van der Waals surface area contributed by atoms with Gasteiger partial charge in [0.15, 0.2) is 0 Å². The average molecular weight is 772 g/mol. The normalized spacial score (nSPS) is 13.6. The molecule has 0 atom stereocenters. The van der Waals surface area contributed by atoms with Gasteiger partial charge in [0, 0.05) is 23.8 Å². The SMILES string of the molecule is C.CC1(C)c2ccccc2-c2ccc(N(c3ccc4c(c3)C(c3ccccc3)(c3ccccc3)c3cccc(-c5ccccc5)c3-4)c3ccccc3-c3ccccc3)cc21.[HH]. The first-order chi connectivity index (χ1) is 29.0. The average Bonchev–Trinajstić information content (AvgIpc) is 3.73. The zero-order valence-corrected chi connectivity index (χ0v) is 33.3. The van der Waals surface area contributed by atoms with Crippen LogP contribution in [0.15, 0.2) is 224 Å². The molecule has 0 amide bonds. The molecule has 9 aromatic carbocycles. The van der Waals surface area contributed by atoms with Gasteiger partial charge in [-0.05, 0) is 103 Å². The third kappa shape index (κ3) is 5.53. The lowest BCUT2D eigenvalue weighted by molar-refractivity contribution is 0.660. The predicted octanol–water partition coefficient (Wildman–Crippen LogP) is 16.0. The highest BCUT2D eigenvalue weighted by Crippen LogP contribution is 2.60. The molecule has 0 fully saturated rings. The first kappa shape index (κ1) is 37.1. The fourth-order valence-electron chi connectivity index (χ4n) is 10.3. The summed E-state index contributed by atoms with van der Waals surface area (Å²) < 4.78 is 0. The van der Waals surface area contributed by atoms with Crippen LogP contribution in [0.2, 0.25) is 0 Å². The van der Waals surface area contributed by atoms with E-state index in [0.29, 0.717) is 0 Å². The highest BCUT2D eigenvalue weighted by Gasteiger charge is 2.47. The zero-order valence-electron chi connectivity index (χ0n) is 33.3. The van der Waals surface area contributed by atoms with Gasteiger partial charge >= 0.3 is 0 Å². The Morgan fingerprint density at radius 2 is 0.800 bits per heavy atom. The quantitative estimate of drug-likeness (QED) is 0.156. The van der Waals surface area contributed by atoms with Gasteiger partial charge in [-0.2, -0.15) is 0 Å². The molecule has 0 aromatic heterocycles. The maximum Gasteiger partial charge on any atom is 0.0714 e. The van der Waals surface area contributed by atoms with E-state index < -0.39 is 5.41 Å². The van der Waals surface area contributed by atoms with Gasteiger partial charge in [-0.3, -0.25) is 0 Å². The monoisotopic (exact) mass is 771 g/mol. The molecule has 0 aliphatic heterocycles. The van der Waals surface area contributed by atoms with E-state index >= 15 is 0 Å². The number of fused-ring (bicyclic) bond motifs is 6. The van der Waals surface area contributed by atoms with Crippen molar-refractivity contribution in [1.29, 1.82) is 0 Å². The predicted molar refractivity (Wildman–Crippen MR) is 256 cm³/mol. The van der Waals surface area contributed by atoms with Crippen molar-refractivity contribution in [2.45, 2.75) is 32.1 Å². The molecule has 1 nitrogen and oxygen atoms in total. The van der Waals surface area contributed by atoms with Crippen LogP contribution in [0.3, 0.4) is 0 Å². The van der Waals surface area contributed by atoms with E-state index in [9.17, 15) is 0 Å². The van der Waals surface area contributed by atoms with E-state index in [1.54, 1.807) is 0 Å². The largest absolute Gasteiger partial charge is 0.310 e. The summed E-state index contributed by atoms with van der Waals surface area (Å²) in [5.41, 5.74) is 20.5. The molecule has 2 aliphatic rings. The van der Waals surface area contributed by atoms with Gasteiger partial charge in [0.05, 0.1) is 11.1 Å². The Morgan fingerprint density at radius 1 is 0.350 bits per heavy atom. The second kappa shape index (κ2) is 14.6. The fraction of sp³-hybridized carbons (Fsp3) is 0.0847. The maximum absolute atomic E-state index is 2.50. The third-order valence-electron chi connectivity index (χ3n) is 13.0. The van der Waals surface area contributed by atoms with Crippen molar-refractivity contribution in [3.05, 3.63) is 258 Å². The molecule has 290 valence electrons. The lowest BCUT2D eigenvalue weighted by Crippen LogP contribution is -2.28. The molecule has 0 bridgehead atoms. The van der Waals surface area contributed by atoms with Gasteiger partial charge in [-0.15, -0.1) is 0 Å². The number of rotatable bonds is 7. The molecule has 0 heterocycles. The summed E-state index contributed by atoms with van der Waals surface area (Å²) in [7, 11) is 0. The number of benzene rings is 9. The summed E-state index contributed by atoms with van der Waals surface area (Å²) >= 11 is 0. The summed E-state index contributed by atoms with van der Waals surface area (Å²) in [4.78, 5) is 2.50. The standard InChI is InChI=1S/C58H43N.CH4.H2/c1-57(2)51-31-17-15-29-48(51)49-36-34-44(38-53(49)57)59(55-33-18-16-28-46(55)40-20-7-3-8-21-40)45-35-37-50-54(39-45)58(42-24-11-5-12-25-42,43-26-13-6-14-27-43)52-32-19-30-47(56(50)52)41-22-9-4-10-23-41;;/h3-39H,1-2H3;1H4;1H. The Morgan fingerprint density at radius 3 is 1.43 bits per heavy atom. The van der Waals surface area contributed by atoms with Crippen molar-refractivity contribution in [2.75, 3.05) is 4.90 Å². The molecule has 1 heteroatoms. The highest BCUT2D eigenvalue weighted by atomic mass is 15.1. The molecule has 60 heavy (non-hydrogen) atoms. The Labute approximate surface area is 356 Å². The van der Waals surface area contributed by atoms with Gasteiger partial charge in [0.25, 0.3) is 0 Å². The topological polar surface area (TPSA) is 3.24 Å². The van der Waals surface area contributed by atoms with E-state index in [-0.39, 0.29) is 14.3 Å². The van der Waals surface area contributed by atoms with Crippen LogP contribution in [0, 0.1) is 0 Å². The smallest absolute Gasteiger partial charge is 0.0714 e. The molecule has 9 aromatic rings. The zero-order chi connectivity index (χ0) is 39.6. The number of para-hydroxylation sites is 1. The van der Waals surface area contributed by atoms with Crippen molar-refractivity contribution in [3.8, 4) is 44.5 Å². The van der Waals surface area contributed by atoms with E-state index in [1.807, 2.05) is 0 Å². The molecule has 0 unspecified atom stereocenters. The minimum atomic E-state index is -0.569. The van der Waals surface area contributed by atoms with Crippen molar-refractivity contribution >= 4 is 17.1 Å². The summed E-state index contributed by atoms with van der Waals surface area (Å²) in [5, 5.41) is 0. The summed E-state index contributed by atoms with van der Waals surface area (Å²) in [6.45, 7) is 4.74.